The minimum absolute atomic E-state index is 0.264. The Morgan fingerprint density at radius 1 is 1.26 bits per heavy atom. The van der Waals surface area contributed by atoms with E-state index in [4.69, 9.17) is 27.9 Å². The number of halogens is 3. The first kappa shape index (κ1) is 16.7. The summed E-state index contributed by atoms with van der Waals surface area (Å²) in [6, 6.07) is 6.49. The lowest BCUT2D eigenvalue weighted by Crippen LogP contribution is -2.32. The van der Waals surface area contributed by atoms with Gasteiger partial charge in [-0.1, -0.05) is 26.0 Å². The minimum Gasteiger partial charge on any atom is -0.381 e. The molecular weight excluding hydrogens is 286 g/mol. The fraction of sp³-hybridized carbons (Fsp3) is 0.600. The average molecular weight is 307 g/mol. The summed E-state index contributed by atoms with van der Waals surface area (Å²) in [7, 11) is 0. The molecule has 0 amide bonds. The first-order chi connectivity index (χ1) is 9.04. The normalized spacial score (nSPS) is 12.1. The number of hydrogen-bond donors (Lipinski definition) is 0. The average Bonchev–Trinajstić information content (AvgIpc) is 2.39. The minimum atomic E-state index is -0.428. The van der Waals surface area contributed by atoms with Crippen LogP contribution in [0.1, 0.15) is 25.8 Å². The van der Waals surface area contributed by atoms with Gasteiger partial charge in [-0.2, -0.15) is 0 Å². The van der Waals surface area contributed by atoms with E-state index in [0.717, 1.165) is 5.56 Å². The van der Waals surface area contributed by atoms with Crippen LogP contribution in [0.5, 0.6) is 0 Å². The summed E-state index contributed by atoms with van der Waals surface area (Å²) in [4.78, 5) is 0. The molecule has 19 heavy (non-hydrogen) atoms. The van der Waals surface area contributed by atoms with Crippen LogP contribution in [0.2, 0.25) is 0 Å². The van der Waals surface area contributed by atoms with Crippen molar-refractivity contribution in [2.75, 3.05) is 25.0 Å². The number of benzene rings is 1. The highest BCUT2D eigenvalue weighted by molar-refractivity contribution is 6.22. The highest BCUT2D eigenvalue weighted by Crippen LogP contribution is 2.31. The molecule has 0 heterocycles. The van der Waals surface area contributed by atoms with Crippen molar-refractivity contribution < 1.29 is 9.13 Å². The Labute approximate surface area is 125 Å². The zero-order chi connectivity index (χ0) is 14.3. The second-order valence-corrected chi connectivity index (χ2v) is 5.81. The van der Waals surface area contributed by atoms with Crippen LogP contribution in [0.3, 0.4) is 0 Å². The van der Waals surface area contributed by atoms with Crippen molar-refractivity contribution >= 4 is 23.2 Å². The number of hydrogen-bond acceptors (Lipinski definition) is 1. The van der Waals surface area contributed by atoms with Crippen molar-refractivity contribution in [2.45, 2.75) is 25.7 Å². The molecule has 0 spiro atoms. The maximum absolute atomic E-state index is 13.3. The molecule has 0 radical (unpaired) electrons. The number of rotatable bonds is 8. The summed E-state index contributed by atoms with van der Waals surface area (Å²) >= 11 is 12.2. The lowest BCUT2D eigenvalue weighted by atomic mass is 9.81. The van der Waals surface area contributed by atoms with Gasteiger partial charge in [-0.15, -0.1) is 23.2 Å². The van der Waals surface area contributed by atoms with Crippen LogP contribution in [-0.4, -0.2) is 25.0 Å². The molecule has 0 aromatic heterocycles. The Morgan fingerprint density at radius 2 is 1.95 bits per heavy atom. The van der Waals surface area contributed by atoms with Gasteiger partial charge in [-0.25, -0.2) is 4.39 Å². The Bertz CT molecular complexity index is 378. The van der Waals surface area contributed by atoms with Crippen LogP contribution in [0.15, 0.2) is 24.3 Å². The number of ether oxygens (including phenoxy) is 1. The molecule has 0 N–H and O–H groups in total. The first-order valence-corrected chi connectivity index (χ1v) is 7.56. The Morgan fingerprint density at radius 3 is 2.47 bits per heavy atom. The molecule has 1 rings (SSSR count). The van der Waals surface area contributed by atoms with E-state index in [9.17, 15) is 4.39 Å². The van der Waals surface area contributed by atoms with E-state index in [-0.39, 0.29) is 5.82 Å². The van der Waals surface area contributed by atoms with E-state index in [0.29, 0.717) is 37.3 Å². The van der Waals surface area contributed by atoms with E-state index < -0.39 is 5.41 Å². The van der Waals surface area contributed by atoms with Gasteiger partial charge in [0.2, 0.25) is 0 Å². The van der Waals surface area contributed by atoms with Crippen molar-refractivity contribution in [3.05, 3.63) is 35.6 Å². The quantitative estimate of drug-likeness (QED) is 0.503. The molecule has 1 aromatic carbocycles. The molecule has 0 bridgehead atoms. The predicted molar refractivity (Wildman–Crippen MR) is 79.8 cm³/mol. The SMILES string of the molecule is CC(C)COCCC(CCl)(CCl)c1cccc(F)c1. The van der Waals surface area contributed by atoms with Crippen molar-refractivity contribution in [3.8, 4) is 0 Å². The molecule has 4 heteroatoms. The van der Waals surface area contributed by atoms with E-state index in [1.165, 1.54) is 12.1 Å². The highest BCUT2D eigenvalue weighted by atomic mass is 35.5. The van der Waals surface area contributed by atoms with Crippen molar-refractivity contribution in [1.29, 1.82) is 0 Å². The van der Waals surface area contributed by atoms with Crippen molar-refractivity contribution in [1.82, 2.24) is 0 Å². The Balaban J connectivity index is 2.73. The van der Waals surface area contributed by atoms with Gasteiger partial charge in [-0.3, -0.25) is 0 Å². The molecular formula is C15H21Cl2FO. The van der Waals surface area contributed by atoms with E-state index in [1.807, 2.05) is 6.07 Å². The van der Waals surface area contributed by atoms with E-state index >= 15 is 0 Å². The zero-order valence-electron chi connectivity index (χ0n) is 11.5. The van der Waals surface area contributed by atoms with Crippen LogP contribution >= 0.6 is 23.2 Å². The van der Waals surface area contributed by atoms with Crippen LogP contribution in [0.25, 0.3) is 0 Å². The third-order valence-corrected chi connectivity index (χ3v) is 4.15. The summed E-state index contributed by atoms with van der Waals surface area (Å²) < 4.78 is 18.9. The van der Waals surface area contributed by atoms with Crippen LogP contribution in [-0.2, 0) is 10.2 Å². The van der Waals surface area contributed by atoms with Crippen molar-refractivity contribution in [2.24, 2.45) is 5.92 Å². The molecule has 0 saturated carbocycles. The molecule has 0 aliphatic heterocycles. The Hall–Kier alpha value is -0.310. The molecule has 0 unspecified atom stereocenters. The summed E-state index contributed by atoms with van der Waals surface area (Å²) in [5, 5.41) is 0. The van der Waals surface area contributed by atoms with Crippen LogP contribution in [0, 0.1) is 11.7 Å². The van der Waals surface area contributed by atoms with Gasteiger partial charge in [0.15, 0.2) is 0 Å². The van der Waals surface area contributed by atoms with Crippen LogP contribution in [0.4, 0.5) is 4.39 Å². The molecule has 0 aliphatic carbocycles. The lowest BCUT2D eigenvalue weighted by Gasteiger charge is -2.30. The fourth-order valence-corrected chi connectivity index (χ4v) is 2.73. The summed E-state index contributed by atoms with van der Waals surface area (Å²) in [5.41, 5.74) is 0.410. The van der Waals surface area contributed by atoms with Crippen LogP contribution < -0.4 is 0 Å². The first-order valence-electron chi connectivity index (χ1n) is 6.50. The number of alkyl halides is 2. The maximum atomic E-state index is 13.3. The van der Waals surface area contributed by atoms with Gasteiger partial charge >= 0.3 is 0 Å². The second-order valence-electron chi connectivity index (χ2n) is 5.28. The maximum Gasteiger partial charge on any atom is 0.123 e. The van der Waals surface area contributed by atoms with E-state index in [2.05, 4.69) is 13.8 Å². The molecule has 0 aliphatic rings. The molecule has 0 saturated heterocycles. The summed E-state index contributed by atoms with van der Waals surface area (Å²) in [5.74, 6) is 0.937. The van der Waals surface area contributed by atoms with Gasteiger partial charge in [0.1, 0.15) is 5.82 Å². The van der Waals surface area contributed by atoms with E-state index in [1.54, 1.807) is 6.07 Å². The molecule has 0 atom stereocenters. The smallest absolute Gasteiger partial charge is 0.123 e. The van der Waals surface area contributed by atoms with Crippen molar-refractivity contribution in [3.63, 3.8) is 0 Å². The molecule has 108 valence electrons. The summed E-state index contributed by atoms with van der Waals surface area (Å²) in [6.07, 6.45) is 0.691. The highest BCUT2D eigenvalue weighted by Gasteiger charge is 2.30. The van der Waals surface area contributed by atoms with Gasteiger partial charge in [0.25, 0.3) is 0 Å². The lowest BCUT2D eigenvalue weighted by molar-refractivity contribution is 0.0970. The molecule has 1 nitrogen and oxygen atoms in total. The van der Waals surface area contributed by atoms with Gasteiger partial charge in [-0.05, 0) is 30.0 Å². The third kappa shape index (κ3) is 4.94. The van der Waals surface area contributed by atoms with Gasteiger partial charge < -0.3 is 4.74 Å². The van der Waals surface area contributed by atoms with Gasteiger partial charge in [0, 0.05) is 30.4 Å². The second kappa shape index (κ2) is 8.08. The zero-order valence-corrected chi connectivity index (χ0v) is 13.0. The molecule has 0 fully saturated rings. The standard InChI is InChI=1S/C15H21Cl2FO/c1-12(2)9-19-7-6-15(10-16,11-17)13-4-3-5-14(18)8-13/h3-5,8,12H,6-7,9-11H2,1-2H3. The van der Waals surface area contributed by atoms with Gasteiger partial charge in [0.05, 0.1) is 0 Å². The largest absolute Gasteiger partial charge is 0.381 e. The predicted octanol–water partition coefficient (Wildman–Crippen LogP) is 4.60. The molecule has 1 aromatic rings. The monoisotopic (exact) mass is 306 g/mol. The topological polar surface area (TPSA) is 9.23 Å². The summed E-state index contributed by atoms with van der Waals surface area (Å²) in [6.45, 7) is 5.49. The fourth-order valence-electron chi connectivity index (χ4n) is 1.87. The third-order valence-electron chi connectivity index (χ3n) is 3.12. The Kier molecular flexibility index (Phi) is 7.12.